The van der Waals surface area contributed by atoms with Crippen molar-refractivity contribution in [2.24, 2.45) is 0 Å². The van der Waals surface area contributed by atoms with Crippen molar-refractivity contribution in [1.82, 2.24) is 5.32 Å². The Labute approximate surface area is 103 Å². The lowest BCUT2D eigenvalue weighted by atomic mass is 10.2. The van der Waals surface area contributed by atoms with Gasteiger partial charge in [0, 0.05) is 24.7 Å². The third-order valence-corrected chi connectivity index (χ3v) is 3.08. The maximum absolute atomic E-state index is 5.33. The third kappa shape index (κ3) is 2.66. The minimum Gasteiger partial charge on any atom is -0.454 e. The topological polar surface area (TPSA) is 39.7 Å². The van der Waals surface area contributed by atoms with Gasteiger partial charge in [-0.25, -0.2) is 0 Å². The monoisotopic (exact) mass is 287 g/mol. The fraction of sp³-hybridized carbons (Fsp3) is 0.455. The van der Waals surface area contributed by atoms with Crippen LogP contribution in [0, 0.1) is 0 Å². The van der Waals surface area contributed by atoms with Gasteiger partial charge in [0.25, 0.3) is 0 Å². The van der Waals surface area contributed by atoms with Gasteiger partial charge in [-0.2, -0.15) is 0 Å². The standard InChI is InChI=1S/C11H14BrNO3/c1-14-3-2-13-6-8-4-10-11(5-9(8)12)16-7-15-10/h4-5,13H,2-3,6-7H2,1H3. The summed E-state index contributed by atoms with van der Waals surface area (Å²) in [7, 11) is 1.69. The Bertz CT molecular complexity index is 370. The first-order chi connectivity index (χ1) is 7.81. The summed E-state index contributed by atoms with van der Waals surface area (Å²) in [5.74, 6) is 1.61. The average Bonchev–Trinajstić information content (AvgIpc) is 2.71. The van der Waals surface area contributed by atoms with Gasteiger partial charge in [-0.3, -0.25) is 0 Å². The van der Waals surface area contributed by atoms with Gasteiger partial charge in [-0.15, -0.1) is 0 Å². The summed E-state index contributed by atoms with van der Waals surface area (Å²) in [6.07, 6.45) is 0. The number of halogens is 1. The summed E-state index contributed by atoms with van der Waals surface area (Å²) in [5.41, 5.74) is 1.15. The molecule has 88 valence electrons. The van der Waals surface area contributed by atoms with Crippen molar-refractivity contribution in [3.63, 3.8) is 0 Å². The summed E-state index contributed by atoms with van der Waals surface area (Å²) >= 11 is 3.51. The second kappa shape index (κ2) is 5.52. The van der Waals surface area contributed by atoms with E-state index in [0.717, 1.165) is 34.6 Å². The van der Waals surface area contributed by atoms with Crippen molar-refractivity contribution in [1.29, 1.82) is 0 Å². The van der Waals surface area contributed by atoms with Crippen molar-refractivity contribution < 1.29 is 14.2 Å². The predicted molar refractivity (Wildman–Crippen MR) is 63.8 cm³/mol. The van der Waals surface area contributed by atoms with Crippen LogP contribution in [0.5, 0.6) is 11.5 Å². The molecule has 1 aliphatic rings. The second-order valence-corrected chi connectivity index (χ2v) is 4.32. The molecule has 0 spiro atoms. The lowest BCUT2D eigenvalue weighted by Crippen LogP contribution is -2.18. The van der Waals surface area contributed by atoms with Gasteiger partial charge in [0.15, 0.2) is 11.5 Å². The van der Waals surface area contributed by atoms with Gasteiger partial charge in [-0.1, -0.05) is 15.9 Å². The van der Waals surface area contributed by atoms with E-state index in [4.69, 9.17) is 14.2 Å². The lowest BCUT2D eigenvalue weighted by Gasteiger charge is -2.07. The molecule has 1 aromatic rings. The Balaban J connectivity index is 1.98. The fourth-order valence-corrected chi connectivity index (χ4v) is 1.95. The van der Waals surface area contributed by atoms with Crippen molar-refractivity contribution >= 4 is 15.9 Å². The Morgan fingerprint density at radius 3 is 2.88 bits per heavy atom. The van der Waals surface area contributed by atoms with E-state index in [1.54, 1.807) is 7.11 Å². The highest BCUT2D eigenvalue weighted by molar-refractivity contribution is 9.10. The summed E-state index contributed by atoms with van der Waals surface area (Å²) in [6.45, 7) is 2.63. The molecule has 0 radical (unpaired) electrons. The van der Waals surface area contributed by atoms with Crippen molar-refractivity contribution in [3.8, 4) is 11.5 Å². The van der Waals surface area contributed by atoms with Gasteiger partial charge < -0.3 is 19.5 Å². The first-order valence-electron chi connectivity index (χ1n) is 5.09. The molecule has 0 amide bonds. The molecule has 0 atom stereocenters. The zero-order valence-corrected chi connectivity index (χ0v) is 10.7. The molecule has 0 saturated heterocycles. The number of hydrogen-bond acceptors (Lipinski definition) is 4. The van der Waals surface area contributed by atoms with Crippen LogP contribution in [-0.2, 0) is 11.3 Å². The zero-order valence-electron chi connectivity index (χ0n) is 9.09. The van der Waals surface area contributed by atoms with Gasteiger partial charge in [0.1, 0.15) is 0 Å². The summed E-state index contributed by atoms with van der Waals surface area (Å²) < 4.78 is 16.6. The fourth-order valence-electron chi connectivity index (χ4n) is 1.49. The molecular formula is C11H14BrNO3. The molecule has 16 heavy (non-hydrogen) atoms. The van der Waals surface area contributed by atoms with E-state index in [9.17, 15) is 0 Å². The number of hydrogen-bond donors (Lipinski definition) is 1. The van der Waals surface area contributed by atoms with E-state index in [2.05, 4.69) is 21.2 Å². The molecule has 1 aliphatic heterocycles. The Morgan fingerprint density at radius 1 is 1.38 bits per heavy atom. The molecule has 0 unspecified atom stereocenters. The van der Waals surface area contributed by atoms with Crippen LogP contribution < -0.4 is 14.8 Å². The van der Waals surface area contributed by atoms with Gasteiger partial charge in [-0.05, 0) is 17.7 Å². The first kappa shape index (κ1) is 11.7. The highest BCUT2D eigenvalue weighted by Gasteiger charge is 2.15. The normalized spacial score (nSPS) is 13.1. The van der Waals surface area contributed by atoms with Crippen LogP contribution in [0.15, 0.2) is 16.6 Å². The van der Waals surface area contributed by atoms with E-state index in [1.807, 2.05) is 12.1 Å². The average molecular weight is 288 g/mol. The number of fused-ring (bicyclic) bond motifs is 1. The zero-order chi connectivity index (χ0) is 11.4. The first-order valence-corrected chi connectivity index (χ1v) is 5.88. The van der Waals surface area contributed by atoms with Crippen molar-refractivity contribution in [3.05, 3.63) is 22.2 Å². The van der Waals surface area contributed by atoms with E-state index in [0.29, 0.717) is 13.4 Å². The SMILES string of the molecule is COCCNCc1cc2c(cc1Br)OCO2. The summed E-state index contributed by atoms with van der Waals surface area (Å²) in [6, 6.07) is 3.93. The third-order valence-electron chi connectivity index (χ3n) is 2.34. The number of benzene rings is 1. The number of ether oxygens (including phenoxy) is 3. The van der Waals surface area contributed by atoms with Crippen LogP contribution in [0.3, 0.4) is 0 Å². The largest absolute Gasteiger partial charge is 0.454 e. The highest BCUT2D eigenvalue weighted by Crippen LogP contribution is 2.36. The number of methoxy groups -OCH3 is 1. The molecule has 4 nitrogen and oxygen atoms in total. The van der Waals surface area contributed by atoms with Crippen LogP contribution >= 0.6 is 15.9 Å². The Kier molecular flexibility index (Phi) is 4.04. The van der Waals surface area contributed by atoms with Crippen molar-refractivity contribution in [2.75, 3.05) is 27.1 Å². The lowest BCUT2D eigenvalue weighted by molar-refractivity contribution is 0.174. The van der Waals surface area contributed by atoms with Gasteiger partial charge >= 0.3 is 0 Å². The summed E-state index contributed by atoms with van der Waals surface area (Å²) in [4.78, 5) is 0. The van der Waals surface area contributed by atoms with Crippen LogP contribution in [0.1, 0.15) is 5.56 Å². The molecule has 1 N–H and O–H groups in total. The van der Waals surface area contributed by atoms with Gasteiger partial charge in [0.2, 0.25) is 6.79 Å². The summed E-state index contributed by atoms with van der Waals surface area (Å²) in [5, 5.41) is 3.28. The number of rotatable bonds is 5. The van der Waals surface area contributed by atoms with Crippen LogP contribution in [0.4, 0.5) is 0 Å². The Hall–Kier alpha value is -0.780. The maximum Gasteiger partial charge on any atom is 0.231 e. The van der Waals surface area contributed by atoms with E-state index < -0.39 is 0 Å². The molecule has 0 saturated carbocycles. The maximum atomic E-state index is 5.33. The van der Waals surface area contributed by atoms with Gasteiger partial charge in [0.05, 0.1) is 6.61 Å². The van der Waals surface area contributed by atoms with E-state index >= 15 is 0 Å². The highest BCUT2D eigenvalue weighted by atomic mass is 79.9. The molecule has 0 aliphatic carbocycles. The van der Waals surface area contributed by atoms with Crippen LogP contribution in [-0.4, -0.2) is 27.1 Å². The quantitative estimate of drug-likeness (QED) is 0.840. The molecule has 0 bridgehead atoms. The molecule has 0 fully saturated rings. The second-order valence-electron chi connectivity index (χ2n) is 3.47. The smallest absolute Gasteiger partial charge is 0.231 e. The van der Waals surface area contributed by atoms with Crippen LogP contribution in [0.2, 0.25) is 0 Å². The van der Waals surface area contributed by atoms with E-state index in [1.165, 1.54) is 0 Å². The molecule has 0 aromatic heterocycles. The minimum absolute atomic E-state index is 0.308. The molecule has 5 heteroatoms. The molecule has 1 heterocycles. The van der Waals surface area contributed by atoms with E-state index in [-0.39, 0.29) is 0 Å². The Morgan fingerprint density at radius 2 is 2.12 bits per heavy atom. The predicted octanol–water partition coefficient (Wildman–Crippen LogP) is 1.91. The molecule has 1 aromatic carbocycles. The number of nitrogens with one attached hydrogen (secondary N) is 1. The van der Waals surface area contributed by atoms with Crippen LogP contribution in [0.25, 0.3) is 0 Å². The van der Waals surface area contributed by atoms with Crippen molar-refractivity contribution in [2.45, 2.75) is 6.54 Å². The minimum atomic E-state index is 0.308. The molecular weight excluding hydrogens is 274 g/mol. The molecule has 2 rings (SSSR count).